The van der Waals surface area contributed by atoms with Crippen molar-refractivity contribution in [3.05, 3.63) is 128 Å². The predicted molar refractivity (Wildman–Crippen MR) is 193 cm³/mol. The number of benzene rings is 4. The van der Waals surface area contributed by atoms with Gasteiger partial charge in [-0.15, -0.1) is 0 Å². The maximum Gasteiger partial charge on any atom is 0.418 e. The highest BCUT2D eigenvalue weighted by Crippen LogP contribution is 2.38. The summed E-state index contributed by atoms with van der Waals surface area (Å²) in [7, 11) is -3.67. The number of carbonyl (C=O) groups excluding carboxylic acids is 1. The Morgan fingerprint density at radius 2 is 1.53 bits per heavy atom. The summed E-state index contributed by atoms with van der Waals surface area (Å²) in [5.41, 5.74) is 1.03. The highest BCUT2D eigenvalue weighted by Gasteiger charge is 2.34. The van der Waals surface area contributed by atoms with E-state index in [1.54, 1.807) is 30.3 Å². The molecule has 0 radical (unpaired) electrons. The number of halogens is 5. The van der Waals surface area contributed by atoms with Gasteiger partial charge in [-0.1, -0.05) is 71.7 Å². The zero-order valence-corrected chi connectivity index (χ0v) is 29.4. The molecule has 15 heteroatoms. The molecule has 1 aromatic heterocycles. The number of amides is 1. The molecule has 0 aliphatic carbocycles. The average Bonchev–Trinajstić information content (AvgIpc) is 3.06. The molecule has 1 aliphatic heterocycles. The van der Waals surface area contributed by atoms with Crippen LogP contribution >= 0.6 is 23.2 Å². The van der Waals surface area contributed by atoms with Gasteiger partial charge in [0.25, 0.3) is 10.1 Å². The Hall–Kier alpha value is -4.40. The summed E-state index contributed by atoms with van der Waals surface area (Å²) in [6, 6.07) is 25.8. The lowest BCUT2D eigenvalue weighted by Crippen LogP contribution is -2.46. The third-order valence-electron chi connectivity index (χ3n) is 8.02. The molecule has 2 N–H and O–H groups in total. The number of carbonyl (C=O) groups is 1. The monoisotopic (exact) mass is 761 g/mol. The topological polar surface area (TPSA) is 120 Å². The molecule has 6 rings (SSSR count). The van der Waals surface area contributed by atoms with Crippen LogP contribution in [0.2, 0.25) is 10.0 Å². The van der Waals surface area contributed by atoms with Crippen LogP contribution in [0.15, 0.2) is 100 Å². The zero-order valence-electron chi connectivity index (χ0n) is 27.1. The molecule has 51 heavy (non-hydrogen) atoms. The van der Waals surface area contributed by atoms with Crippen LogP contribution in [0.4, 0.5) is 24.5 Å². The Morgan fingerprint density at radius 1 is 0.922 bits per heavy atom. The maximum absolute atomic E-state index is 13.7. The van der Waals surface area contributed by atoms with E-state index in [-0.39, 0.29) is 16.2 Å². The van der Waals surface area contributed by atoms with E-state index in [9.17, 15) is 31.2 Å². The van der Waals surface area contributed by atoms with Crippen LogP contribution in [0.5, 0.6) is 0 Å². The second-order valence-electron chi connectivity index (χ2n) is 11.8. The molecule has 2 heterocycles. The number of hydrogen-bond acceptors (Lipinski definition) is 7. The molecular formula is C36H32Cl2F3N3O6S. The van der Waals surface area contributed by atoms with E-state index >= 15 is 0 Å². The molecule has 5 aromatic rings. The van der Waals surface area contributed by atoms with Crippen molar-refractivity contribution in [2.75, 3.05) is 42.7 Å². The van der Waals surface area contributed by atoms with Crippen LogP contribution in [0.1, 0.15) is 16.7 Å². The molecule has 1 saturated heterocycles. The molecule has 0 atom stereocenters. The van der Waals surface area contributed by atoms with Crippen molar-refractivity contribution in [3.8, 4) is 11.1 Å². The van der Waals surface area contributed by atoms with Crippen LogP contribution in [0.25, 0.3) is 22.1 Å². The summed E-state index contributed by atoms with van der Waals surface area (Å²) in [6.45, 7) is 3.88. The number of anilines is 2. The third kappa shape index (κ3) is 10.1. The van der Waals surface area contributed by atoms with Gasteiger partial charge in [-0.2, -0.15) is 21.6 Å². The zero-order chi connectivity index (χ0) is 36.9. The Labute approximate surface area is 301 Å². The predicted octanol–water partition coefficient (Wildman–Crippen LogP) is 7.79. The van der Waals surface area contributed by atoms with E-state index < -0.39 is 45.5 Å². The van der Waals surface area contributed by atoms with Crippen LogP contribution in [0.3, 0.4) is 0 Å². The first-order chi connectivity index (χ1) is 24.1. The number of hydrogen-bond donors (Lipinski definition) is 2. The standard InChI is InChI=1S/C35H28Cl2F3N3O3.CH4O3S/c36-24-11-12-30(28(18-24)35(38,39)40)41-32(44)19-27-33(22-7-3-1-4-8-22)26-17-23(29(37)20-31(26)46-34(27)45)21-42-13-15-43(16-14-42)25-9-5-2-6-10-25;1-5(2,3)4/h1-12,17-18,20H,13-16,19,21H2,(H,41,44);1H3,(H,2,3,4). The Balaban J connectivity index is 0.000000943. The Kier molecular flexibility index (Phi) is 11.8. The normalized spacial score (nSPS) is 13.8. The number of rotatable bonds is 7. The first-order valence-electron chi connectivity index (χ1n) is 15.5. The molecule has 1 amide bonds. The molecule has 1 fully saturated rings. The van der Waals surface area contributed by atoms with Gasteiger partial charge in [0.1, 0.15) is 5.58 Å². The van der Waals surface area contributed by atoms with Crippen molar-refractivity contribution < 1.29 is 35.4 Å². The number of alkyl halides is 3. The Bertz CT molecular complexity index is 2190. The number of fused-ring (bicyclic) bond motifs is 1. The smallest absolute Gasteiger partial charge is 0.418 e. The first-order valence-corrected chi connectivity index (χ1v) is 18.1. The highest BCUT2D eigenvalue weighted by atomic mass is 35.5. The second kappa shape index (κ2) is 15.9. The number of nitrogens with zero attached hydrogens (tertiary/aromatic N) is 2. The molecular weight excluding hydrogens is 730 g/mol. The van der Waals surface area contributed by atoms with Gasteiger partial charge >= 0.3 is 11.8 Å². The van der Waals surface area contributed by atoms with E-state index in [2.05, 4.69) is 27.2 Å². The maximum atomic E-state index is 13.7. The van der Waals surface area contributed by atoms with Gasteiger partial charge in [-0.25, -0.2) is 4.79 Å². The van der Waals surface area contributed by atoms with E-state index in [1.807, 2.05) is 30.3 Å². The summed E-state index contributed by atoms with van der Waals surface area (Å²) in [6.07, 6.45) is -4.57. The van der Waals surface area contributed by atoms with Crippen LogP contribution in [0, 0.1) is 0 Å². The third-order valence-corrected chi connectivity index (χ3v) is 8.60. The van der Waals surface area contributed by atoms with E-state index in [4.69, 9.17) is 32.2 Å². The SMILES string of the molecule is CS(=O)(=O)O.O=C(Cc1c(-c2ccccc2)c2cc(CN3CCN(c4ccccc4)CC3)c(Cl)cc2oc1=O)Nc1ccc(Cl)cc1C(F)(F)F. The lowest BCUT2D eigenvalue weighted by molar-refractivity contribution is -0.137. The number of para-hydroxylation sites is 1. The van der Waals surface area contributed by atoms with Gasteiger partial charge in [0.15, 0.2) is 0 Å². The fraction of sp³-hybridized carbons (Fsp3) is 0.222. The molecule has 0 bridgehead atoms. The first kappa shape index (κ1) is 37.8. The minimum atomic E-state index is -4.76. The molecule has 0 unspecified atom stereocenters. The van der Waals surface area contributed by atoms with Crippen LogP contribution in [-0.4, -0.2) is 56.2 Å². The van der Waals surface area contributed by atoms with Gasteiger partial charge in [0.2, 0.25) is 5.91 Å². The van der Waals surface area contributed by atoms with E-state index in [0.29, 0.717) is 34.3 Å². The Morgan fingerprint density at radius 3 is 2.14 bits per heavy atom. The molecule has 0 spiro atoms. The van der Waals surface area contributed by atoms with Gasteiger partial charge in [-0.05, 0) is 47.5 Å². The summed E-state index contributed by atoms with van der Waals surface area (Å²) in [5.74, 6) is -0.817. The highest BCUT2D eigenvalue weighted by molar-refractivity contribution is 7.85. The van der Waals surface area contributed by atoms with Gasteiger partial charge in [0, 0.05) is 65.5 Å². The summed E-state index contributed by atoms with van der Waals surface area (Å²) >= 11 is 12.5. The second-order valence-corrected chi connectivity index (χ2v) is 14.1. The number of nitrogens with one attached hydrogen (secondary N) is 1. The van der Waals surface area contributed by atoms with Crippen LogP contribution in [-0.2, 0) is 34.1 Å². The number of piperazine rings is 1. The minimum Gasteiger partial charge on any atom is -0.422 e. The van der Waals surface area contributed by atoms with E-state index in [1.165, 1.54) is 11.8 Å². The largest absolute Gasteiger partial charge is 0.422 e. The van der Waals surface area contributed by atoms with Gasteiger partial charge in [-0.3, -0.25) is 14.2 Å². The van der Waals surface area contributed by atoms with Crippen molar-refractivity contribution in [3.63, 3.8) is 0 Å². The van der Waals surface area contributed by atoms with Crippen molar-refractivity contribution >= 4 is 61.6 Å². The molecule has 268 valence electrons. The molecule has 9 nitrogen and oxygen atoms in total. The summed E-state index contributed by atoms with van der Waals surface area (Å²) < 4.78 is 72.5. The van der Waals surface area contributed by atoms with Crippen molar-refractivity contribution in [2.24, 2.45) is 0 Å². The van der Waals surface area contributed by atoms with Gasteiger partial charge < -0.3 is 14.6 Å². The van der Waals surface area contributed by atoms with Crippen molar-refractivity contribution in [2.45, 2.75) is 19.1 Å². The lowest BCUT2D eigenvalue weighted by atomic mass is 9.94. The molecule has 1 aliphatic rings. The van der Waals surface area contributed by atoms with E-state index in [0.717, 1.165) is 43.9 Å². The lowest BCUT2D eigenvalue weighted by Gasteiger charge is -2.36. The van der Waals surface area contributed by atoms with Crippen molar-refractivity contribution in [1.82, 2.24) is 4.90 Å². The van der Waals surface area contributed by atoms with Crippen molar-refractivity contribution in [1.29, 1.82) is 0 Å². The minimum absolute atomic E-state index is 0.0171. The summed E-state index contributed by atoms with van der Waals surface area (Å²) in [4.78, 5) is 31.2. The quantitative estimate of drug-likeness (QED) is 0.127. The summed E-state index contributed by atoms with van der Waals surface area (Å²) in [5, 5.41) is 3.19. The molecule has 4 aromatic carbocycles. The average molecular weight is 763 g/mol. The van der Waals surface area contributed by atoms with Crippen LogP contribution < -0.4 is 15.8 Å². The molecule has 0 saturated carbocycles. The fourth-order valence-corrected chi connectivity index (χ4v) is 6.17. The fourth-order valence-electron chi connectivity index (χ4n) is 5.78. The van der Waals surface area contributed by atoms with Gasteiger partial charge in [0.05, 0.1) is 29.5 Å².